The SMILES string of the molecule is C1C2CC3CC1CC(C2)C3.Oc1ccc(O)cc1. The predicted octanol–water partition coefficient (Wildman–Crippen LogP) is 3.93. The Morgan fingerprint density at radius 3 is 1.00 bits per heavy atom. The Labute approximate surface area is 109 Å². The summed E-state index contributed by atoms with van der Waals surface area (Å²) in [4.78, 5) is 0. The number of rotatable bonds is 0. The van der Waals surface area contributed by atoms with E-state index in [1.165, 1.54) is 47.9 Å². The Bertz CT molecular complexity index is 319. The molecule has 0 unspecified atom stereocenters. The molecule has 0 saturated heterocycles. The summed E-state index contributed by atoms with van der Waals surface area (Å²) >= 11 is 0. The summed E-state index contributed by atoms with van der Waals surface area (Å²) in [6.45, 7) is 0. The third-order valence-electron chi connectivity index (χ3n) is 4.85. The zero-order chi connectivity index (χ0) is 12.5. The fourth-order valence-electron chi connectivity index (χ4n) is 4.44. The zero-order valence-corrected chi connectivity index (χ0v) is 10.8. The van der Waals surface area contributed by atoms with Crippen LogP contribution in [0.5, 0.6) is 11.5 Å². The van der Waals surface area contributed by atoms with Gasteiger partial charge in [-0.2, -0.15) is 0 Å². The lowest BCUT2D eigenvalue weighted by atomic mass is 9.56. The van der Waals surface area contributed by atoms with Crippen LogP contribution in [0.25, 0.3) is 0 Å². The first-order valence-electron chi connectivity index (χ1n) is 7.17. The molecule has 0 radical (unpaired) electrons. The van der Waals surface area contributed by atoms with Crippen LogP contribution in [0.1, 0.15) is 38.5 Å². The van der Waals surface area contributed by atoms with Crippen LogP contribution in [-0.2, 0) is 0 Å². The van der Waals surface area contributed by atoms with Gasteiger partial charge in [-0.25, -0.2) is 0 Å². The van der Waals surface area contributed by atoms with E-state index in [0.29, 0.717) is 0 Å². The Morgan fingerprint density at radius 2 is 0.778 bits per heavy atom. The van der Waals surface area contributed by atoms with E-state index in [1.807, 2.05) is 0 Å². The van der Waals surface area contributed by atoms with Gasteiger partial charge in [0.1, 0.15) is 11.5 Å². The predicted molar refractivity (Wildman–Crippen MR) is 71.4 cm³/mol. The second-order valence-electron chi connectivity index (χ2n) is 6.39. The van der Waals surface area contributed by atoms with Gasteiger partial charge >= 0.3 is 0 Å². The molecule has 5 rings (SSSR count). The Kier molecular flexibility index (Phi) is 3.19. The van der Waals surface area contributed by atoms with Crippen molar-refractivity contribution in [1.82, 2.24) is 0 Å². The Hall–Kier alpha value is -1.18. The van der Waals surface area contributed by atoms with Crippen LogP contribution < -0.4 is 0 Å². The van der Waals surface area contributed by atoms with Crippen molar-refractivity contribution in [3.63, 3.8) is 0 Å². The molecule has 1 aromatic carbocycles. The molecule has 98 valence electrons. The van der Waals surface area contributed by atoms with E-state index in [0.717, 1.165) is 0 Å². The van der Waals surface area contributed by atoms with Crippen molar-refractivity contribution in [2.24, 2.45) is 23.7 Å². The monoisotopic (exact) mass is 246 g/mol. The number of phenolic OH excluding ortho intramolecular Hbond substituents is 2. The average molecular weight is 246 g/mol. The van der Waals surface area contributed by atoms with Gasteiger partial charge in [0, 0.05) is 0 Å². The standard InChI is InChI=1S/C10H16.C6H6O2/c1-7-2-9-4-8(1)5-10(3-7)6-9;7-5-1-2-6(8)4-3-5/h7-10H,1-6H2;1-4,7-8H. The number of hydrogen-bond donors (Lipinski definition) is 2. The summed E-state index contributed by atoms with van der Waals surface area (Å²) in [6, 6.07) is 5.70. The largest absolute Gasteiger partial charge is 0.508 e. The number of phenols is 2. The van der Waals surface area contributed by atoms with E-state index < -0.39 is 0 Å². The lowest BCUT2D eigenvalue weighted by molar-refractivity contribution is 0.0198. The van der Waals surface area contributed by atoms with Gasteiger partial charge in [0.15, 0.2) is 0 Å². The fourth-order valence-corrected chi connectivity index (χ4v) is 4.44. The molecule has 4 fully saturated rings. The summed E-state index contributed by atoms with van der Waals surface area (Å²) < 4.78 is 0. The molecule has 0 spiro atoms. The zero-order valence-electron chi connectivity index (χ0n) is 10.8. The first-order valence-corrected chi connectivity index (χ1v) is 7.17. The second-order valence-corrected chi connectivity index (χ2v) is 6.39. The molecular formula is C16H22O2. The highest BCUT2D eigenvalue weighted by atomic mass is 16.3. The van der Waals surface area contributed by atoms with E-state index in [-0.39, 0.29) is 11.5 Å². The number of hydrogen-bond acceptors (Lipinski definition) is 2. The van der Waals surface area contributed by atoms with E-state index in [2.05, 4.69) is 0 Å². The third-order valence-corrected chi connectivity index (χ3v) is 4.85. The summed E-state index contributed by atoms with van der Waals surface area (Å²) in [5.74, 6) is 5.05. The molecule has 4 bridgehead atoms. The topological polar surface area (TPSA) is 40.5 Å². The summed E-state index contributed by atoms with van der Waals surface area (Å²) in [5.41, 5.74) is 0. The van der Waals surface area contributed by atoms with Gasteiger partial charge in [-0.05, 0) is 86.5 Å². The van der Waals surface area contributed by atoms with Crippen LogP contribution in [0.2, 0.25) is 0 Å². The highest BCUT2D eigenvalue weighted by Gasteiger charge is 2.41. The van der Waals surface area contributed by atoms with E-state index in [4.69, 9.17) is 10.2 Å². The molecule has 0 atom stereocenters. The summed E-state index contributed by atoms with van der Waals surface area (Å²) in [6.07, 6.45) is 9.62. The van der Waals surface area contributed by atoms with Crippen molar-refractivity contribution in [3.05, 3.63) is 24.3 Å². The maximum Gasteiger partial charge on any atom is 0.115 e. The lowest BCUT2D eigenvalue weighted by Crippen LogP contribution is -2.38. The molecule has 2 nitrogen and oxygen atoms in total. The Morgan fingerprint density at radius 1 is 0.556 bits per heavy atom. The lowest BCUT2D eigenvalue weighted by Gasteiger charge is -2.49. The van der Waals surface area contributed by atoms with E-state index >= 15 is 0 Å². The maximum atomic E-state index is 8.65. The molecule has 4 saturated carbocycles. The highest BCUT2D eigenvalue weighted by Crippen LogP contribution is 2.53. The van der Waals surface area contributed by atoms with Crippen molar-refractivity contribution >= 4 is 0 Å². The molecular weight excluding hydrogens is 224 g/mol. The van der Waals surface area contributed by atoms with E-state index in [9.17, 15) is 0 Å². The van der Waals surface area contributed by atoms with Crippen molar-refractivity contribution in [3.8, 4) is 11.5 Å². The maximum absolute atomic E-state index is 8.65. The van der Waals surface area contributed by atoms with Gasteiger partial charge in [-0.1, -0.05) is 0 Å². The highest BCUT2D eigenvalue weighted by molar-refractivity contribution is 5.28. The van der Waals surface area contributed by atoms with Crippen LogP contribution in [0, 0.1) is 23.7 Å². The minimum Gasteiger partial charge on any atom is -0.508 e. The van der Waals surface area contributed by atoms with Gasteiger partial charge < -0.3 is 10.2 Å². The molecule has 0 aliphatic heterocycles. The first kappa shape index (κ1) is 11.9. The van der Waals surface area contributed by atoms with Crippen molar-refractivity contribution in [2.45, 2.75) is 38.5 Å². The molecule has 4 aliphatic rings. The van der Waals surface area contributed by atoms with Gasteiger partial charge in [0.25, 0.3) is 0 Å². The average Bonchev–Trinajstić information content (AvgIpc) is 2.32. The van der Waals surface area contributed by atoms with Gasteiger partial charge in [0.05, 0.1) is 0 Å². The number of benzene rings is 1. The molecule has 18 heavy (non-hydrogen) atoms. The van der Waals surface area contributed by atoms with Gasteiger partial charge in [-0.3, -0.25) is 0 Å². The molecule has 0 heterocycles. The van der Waals surface area contributed by atoms with Crippen LogP contribution in [-0.4, -0.2) is 10.2 Å². The first-order chi connectivity index (χ1) is 8.69. The fraction of sp³-hybridized carbons (Fsp3) is 0.625. The minimum absolute atomic E-state index is 0.169. The second kappa shape index (κ2) is 4.83. The molecule has 4 aliphatic carbocycles. The third kappa shape index (κ3) is 2.63. The van der Waals surface area contributed by atoms with Crippen LogP contribution in [0.3, 0.4) is 0 Å². The Balaban J connectivity index is 0.000000115. The molecule has 0 amide bonds. The molecule has 2 heteroatoms. The van der Waals surface area contributed by atoms with Crippen molar-refractivity contribution in [1.29, 1.82) is 0 Å². The molecule has 1 aromatic rings. The smallest absolute Gasteiger partial charge is 0.115 e. The van der Waals surface area contributed by atoms with Crippen molar-refractivity contribution in [2.75, 3.05) is 0 Å². The normalized spacial score (nSPS) is 36.0. The summed E-state index contributed by atoms with van der Waals surface area (Å²) in [7, 11) is 0. The summed E-state index contributed by atoms with van der Waals surface area (Å²) in [5, 5.41) is 17.3. The van der Waals surface area contributed by atoms with Crippen LogP contribution in [0.4, 0.5) is 0 Å². The van der Waals surface area contributed by atoms with Gasteiger partial charge in [-0.15, -0.1) is 0 Å². The van der Waals surface area contributed by atoms with E-state index in [1.54, 1.807) is 38.5 Å². The quantitative estimate of drug-likeness (QED) is 0.681. The van der Waals surface area contributed by atoms with Crippen LogP contribution in [0.15, 0.2) is 24.3 Å². The number of aromatic hydroxyl groups is 2. The van der Waals surface area contributed by atoms with Crippen LogP contribution >= 0.6 is 0 Å². The molecule has 0 aromatic heterocycles. The minimum atomic E-state index is 0.169. The molecule has 2 N–H and O–H groups in total. The van der Waals surface area contributed by atoms with Crippen molar-refractivity contribution < 1.29 is 10.2 Å². The van der Waals surface area contributed by atoms with Gasteiger partial charge in [0.2, 0.25) is 0 Å².